The topological polar surface area (TPSA) is 61.4 Å². The summed E-state index contributed by atoms with van der Waals surface area (Å²) < 4.78 is 0. The minimum atomic E-state index is -0.340. The number of fused-ring (bicyclic) bond motifs is 1. The van der Waals surface area contributed by atoms with Crippen molar-refractivity contribution in [1.82, 2.24) is 0 Å². The number of halogens is 1. The normalized spacial score (nSPS) is 16.6. The van der Waals surface area contributed by atoms with E-state index < -0.39 is 0 Å². The molecule has 120 valence electrons. The van der Waals surface area contributed by atoms with Gasteiger partial charge < -0.3 is 15.7 Å². The first-order valence-electron chi connectivity index (χ1n) is 7.66. The van der Waals surface area contributed by atoms with Crippen LogP contribution in [0.25, 0.3) is 0 Å². The Morgan fingerprint density at radius 1 is 1.26 bits per heavy atom. The number of amides is 2. The molecule has 0 heterocycles. The van der Waals surface area contributed by atoms with E-state index in [1.165, 1.54) is 5.56 Å². The molecule has 0 radical (unpaired) electrons. The van der Waals surface area contributed by atoms with Crippen molar-refractivity contribution in [3.05, 3.63) is 58.1 Å². The molecule has 4 nitrogen and oxygen atoms in total. The number of carbonyl (C=O) groups is 1. The highest BCUT2D eigenvalue weighted by molar-refractivity contribution is 6.31. The van der Waals surface area contributed by atoms with E-state index in [9.17, 15) is 9.90 Å². The van der Waals surface area contributed by atoms with Gasteiger partial charge in [0, 0.05) is 22.8 Å². The Bertz CT molecular complexity index is 746. The number of urea groups is 1. The predicted octanol–water partition coefficient (Wildman–Crippen LogP) is 4.14. The Morgan fingerprint density at radius 2 is 2.09 bits per heavy atom. The number of hydrogen-bond donors (Lipinski definition) is 3. The van der Waals surface area contributed by atoms with E-state index in [2.05, 4.69) is 10.6 Å². The first-order valence-corrected chi connectivity index (χ1v) is 8.03. The van der Waals surface area contributed by atoms with Crippen LogP contribution in [0, 0.1) is 6.92 Å². The predicted molar refractivity (Wildman–Crippen MR) is 93.3 cm³/mol. The number of aryl methyl sites for hydroxylation is 2. The summed E-state index contributed by atoms with van der Waals surface area (Å²) in [6.45, 7) is 1.89. The lowest BCUT2D eigenvalue weighted by molar-refractivity contribution is 0.159. The van der Waals surface area contributed by atoms with Crippen molar-refractivity contribution in [2.75, 3.05) is 10.6 Å². The summed E-state index contributed by atoms with van der Waals surface area (Å²) in [5.74, 6) is 0. The van der Waals surface area contributed by atoms with Gasteiger partial charge in [-0.3, -0.25) is 0 Å². The fourth-order valence-electron chi connectivity index (χ4n) is 2.89. The molecule has 0 fully saturated rings. The van der Waals surface area contributed by atoms with Crippen LogP contribution in [0.4, 0.5) is 16.2 Å². The zero-order chi connectivity index (χ0) is 16.4. The van der Waals surface area contributed by atoms with Crippen LogP contribution in [-0.4, -0.2) is 17.2 Å². The number of nitrogens with one attached hydrogen (secondary N) is 2. The fourth-order valence-corrected chi connectivity index (χ4v) is 3.01. The van der Waals surface area contributed by atoms with Gasteiger partial charge >= 0.3 is 6.03 Å². The van der Waals surface area contributed by atoms with Gasteiger partial charge in [-0.25, -0.2) is 4.79 Å². The van der Waals surface area contributed by atoms with Gasteiger partial charge in [-0.2, -0.15) is 0 Å². The molecule has 2 amide bonds. The molecule has 5 heteroatoms. The summed E-state index contributed by atoms with van der Waals surface area (Å²) in [4.78, 5) is 12.2. The molecule has 0 saturated heterocycles. The average molecular weight is 331 g/mol. The maximum absolute atomic E-state index is 12.2. The third-order valence-electron chi connectivity index (χ3n) is 4.12. The molecule has 2 aromatic carbocycles. The van der Waals surface area contributed by atoms with E-state index in [0.29, 0.717) is 17.1 Å². The Hall–Kier alpha value is -2.04. The number of carbonyl (C=O) groups excluding carboxylic acids is 1. The van der Waals surface area contributed by atoms with Gasteiger partial charge in [0.2, 0.25) is 0 Å². The molecule has 1 atom stereocenters. The van der Waals surface area contributed by atoms with Crippen LogP contribution >= 0.6 is 11.6 Å². The fraction of sp³-hybridized carbons (Fsp3) is 0.278. The summed E-state index contributed by atoms with van der Waals surface area (Å²) in [6.07, 6.45) is 1.84. The number of benzene rings is 2. The first-order chi connectivity index (χ1) is 11.0. The number of aliphatic hydroxyl groups excluding tert-OH is 1. The molecule has 23 heavy (non-hydrogen) atoms. The van der Waals surface area contributed by atoms with Gasteiger partial charge in [0.15, 0.2) is 0 Å². The second-order valence-electron chi connectivity index (χ2n) is 5.88. The van der Waals surface area contributed by atoms with Crippen molar-refractivity contribution in [3.8, 4) is 0 Å². The number of anilines is 2. The van der Waals surface area contributed by atoms with Crippen molar-refractivity contribution in [1.29, 1.82) is 0 Å². The lowest BCUT2D eigenvalue weighted by atomic mass is 9.88. The van der Waals surface area contributed by atoms with Gasteiger partial charge in [0.25, 0.3) is 0 Å². The quantitative estimate of drug-likeness (QED) is 0.775. The molecule has 1 unspecified atom stereocenters. The molecule has 1 aliphatic rings. The second-order valence-corrected chi connectivity index (χ2v) is 6.29. The number of rotatable bonds is 2. The largest absolute Gasteiger partial charge is 0.393 e. The van der Waals surface area contributed by atoms with Crippen LogP contribution < -0.4 is 10.6 Å². The third-order valence-corrected chi connectivity index (χ3v) is 4.55. The van der Waals surface area contributed by atoms with Crippen LogP contribution in [0.5, 0.6) is 0 Å². The molecular weight excluding hydrogens is 312 g/mol. The molecular formula is C18H19ClN2O2. The maximum Gasteiger partial charge on any atom is 0.323 e. The van der Waals surface area contributed by atoms with Crippen molar-refractivity contribution >= 4 is 29.0 Å². The van der Waals surface area contributed by atoms with Crippen molar-refractivity contribution in [3.63, 3.8) is 0 Å². The van der Waals surface area contributed by atoms with Gasteiger partial charge in [-0.05, 0) is 60.7 Å². The molecule has 0 aromatic heterocycles. The third kappa shape index (κ3) is 3.66. The average Bonchev–Trinajstić information content (AvgIpc) is 2.51. The van der Waals surface area contributed by atoms with E-state index in [4.69, 9.17) is 11.6 Å². The molecule has 2 aromatic rings. The van der Waals surface area contributed by atoms with Crippen LogP contribution in [0.15, 0.2) is 36.4 Å². The summed E-state index contributed by atoms with van der Waals surface area (Å²) in [6, 6.07) is 10.9. The standard InChI is InChI=1S/C18H19ClN2O2/c1-11-9-13(6-8-16(11)19)20-18(23)21-17-4-2-3-12-5-7-14(22)10-15(12)17/h2-4,6,8-9,14,22H,5,7,10H2,1H3,(H2,20,21,23). The molecule has 1 aliphatic carbocycles. The van der Waals surface area contributed by atoms with Crippen LogP contribution in [0.3, 0.4) is 0 Å². The van der Waals surface area contributed by atoms with E-state index >= 15 is 0 Å². The lowest BCUT2D eigenvalue weighted by Crippen LogP contribution is -2.24. The zero-order valence-corrected chi connectivity index (χ0v) is 13.7. The Kier molecular flexibility index (Phi) is 4.55. The summed E-state index contributed by atoms with van der Waals surface area (Å²) in [5.41, 5.74) is 4.56. The van der Waals surface area contributed by atoms with Crippen LogP contribution in [-0.2, 0) is 12.8 Å². The van der Waals surface area contributed by atoms with Crippen molar-refractivity contribution in [2.45, 2.75) is 32.3 Å². The minimum Gasteiger partial charge on any atom is -0.393 e. The highest BCUT2D eigenvalue weighted by Crippen LogP contribution is 2.28. The maximum atomic E-state index is 12.2. The van der Waals surface area contributed by atoms with Crippen molar-refractivity contribution < 1.29 is 9.90 Å². The van der Waals surface area contributed by atoms with E-state index in [0.717, 1.165) is 29.7 Å². The molecule has 0 spiro atoms. The second kappa shape index (κ2) is 6.60. The first kappa shape index (κ1) is 15.8. The van der Waals surface area contributed by atoms with Gasteiger partial charge in [-0.15, -0.1) is 0 Å². The Labute approximate surface area is 140 Å². The Morgan fingerprint density at radius 3 is 2.87 bits per heavy atom. The highest BCUT2D eigenvalue weighted by atomic mass is 35.5. The SMILES string of the molecule is Cc1cc(NC(=O)Nc2cccc3c2CC(O)CC3)ccc1Cl. The summed E-state index contributed by atoms with van der Waals surface area (Å²) in [5, 5.41) is 16.2. The highest BCUT2D eigenvalue weighted by Gasteiger charge is 2.19. The van der Waals surface area contributed by atoms with Crippen LogP contribution in [0.1, 0.15) is 23.1 Å². The van der Waals surface area contributed by atoms with Gasteiger partial charge in [0.1, 0.15) is 0 Å². The van der Waals surface area contributed by atoms with E-state index in [1.54, 1.807) is 12.1 Å². The number of hydrogen-bond acceptors (Lipinski definition) is 2. The minimum absolute atomic E-state index is 0.305. The van der Waals surface area contributed by atoms with Crippen LogP contribution in [0.2, 0.25) is 5.02 Å². The summed E-state index contributed by atoms with van der Waals surface area (Å²) in [7, 11) is 0. The molecule has 3 N–H and O–H groups in total. The van der Waals surface area contributed by atoms with Gasteiger partial charge in [0.05, 0.1) is 6.10 Å². The summed E-state index contributed by atoms with van der Waals surface area (Å²) >= 11 is 5.99. The Balaban J connectivity index is 1.74. The molecule has 0 bridgehead atoms. The molecule has 0 aliphatic heterocycles. The van der Waals surface area contributed by atoms with E-state index in [-0.39, 0.29) is 12.1 Å². The van der Waals surface area contributed by atoms with Gasteiger partial charge in [-0.1, -0.05) is 23.7 Å². The lowest BCUT2D eigenvalue weighted by Gasteiger charge is -2.23. The monoisotopic (exact) mass is 330 g/mol. The zero-order valence-electron chi connectivity index (χ0n) is 12.9. The number of aliphatic hydroxyl groups is 1. The van der Waals surface area contributed by atoms with E-state index in [1.807, 2.05) is 31.2 Å². The smallest absolute Gasteiger partial charge is 0.323 e. The molecule has 0 saturated carbocycles. The van der Waals surface area contributed by atoms with Crippen molar-refractivity contribution in [2.24, 2.45) is 0 Å². The molecule has 3 rings (SSSR count).